The molecule has 0 aliphatic carbocycles. The molecular weight excluding hydrogens is 316 g/mol. The normalized spacial score (nSPS) is 15.6. The van der Waals surface area contributed by atoms with Gasteiger partial charge in [0, 0.05) is 18.3 Å². The molecule has 3 rings (SSSR count). The van der Waals surface area contributed by atoms with E-state index in [9.17, 15) is 4.79 Å². The average Bonchev–Trinajstić information content (AvgIpc) is 3.17. The minimum atomic E-state index is -0.252. The molecule has 1 aromatic carbocycles. The Kier molecular flexibility index (Phi) is 5.85. The molecule has 2 heterocycles. The molecular formula is C19H24N4O2. The van der Waals surface area contributed by atoms with Gasteiger partial charge in [0.05, 0.1) is 13.2 Å². The number of rotatable bonds is 6. The van der Waals surface area contributed by atoms with Crippen molar-refractivity contribution in [2.75, 3.05) is 32.1 Å². The number of likely N-dealkylation sites (tertiary alicyclic amines) is 1. The second kappa shape index (κ2) is 8.48. The summed E-state index contributed by atoms with van der Waals surface area (Å²) in [5.41, 5.74) is 1.10. The van der Waals surface area contributed by atoms with E-state index < -0.39 is 0 Å². The molecule has 1 aliphatic rings. The summed E-state index contributed by atoms with van der Waals surface area (Å²) in [6.45, 7) is 2.58. The number of hydrogen-bond donors (Lipinski definition) is 2. The van der Waals surface area contributed by atoms with Gasteiger partial charge < -0.3 is 10.1 Å². The molecule has 1 aromatic heterocycles. The highest BCUT2D eigenvalue weighted by Crippen LogP contribution is 2.31. The molecule has 132 valence electrons. The van der Waals surface area contributed by atoms with E-state index >= 15 is 0 Å². The number of nitrogens with zero attached hydrogens (tertiary/aromatic N) is 2. The van der Waals surface area contributed by atoms with Gasteiger partial charge in [-0.05, 0) is 44.1 Å². The molecule has 2 amide bonds. The Morgan fingerprint density at radius 1 is 1.20 bits per heavy atom. The predicted molar refractivity (Wildman–Crippen MR) is 97.8 cm³/mol. The molecule has 0 unspecified atom stereocenters. The van der Waals surface area contributed by atoms with Crippen LogP contribution in [0.3, 0.4) is 0 Å². The first-order valence-corrected chi connectivity index (χ1v) is 8.61. The highest BCUT2D eigenvalue weighted by Gasteiger charge is 2.26. The van der Waals surface area contributed by atoms with Gasteiger partial charge in [-0.25, -0.2) is 9.78 Å². The number of pyridine rings is 1. The van der Waals surface area contributed by atoms with Crippen molar-refractivity contribution in [1.82, 2.24) is 15.2 Å². The number of nitrogens with one attached hydrogen (secondary N) is 2. The standard InChI is InChI=1S/C19H24N4O2/c1-25-17-9-3-2-8-15(17)16(23-12-6-7-13-23)14-21-19(24)22-18-10-4-5-11-20-18/h2-5,8-11,16H,6-7,12-14H2,1H3,(H2,20,21,22,24)/t16-/m1/s1. The van der Waals surface area contributed by atoms with Crippen LogP contribution in [-0.2, 0) is 0 Å². The summed E-state index contributed by atoms with van der Waals surface area (Å²) in [6.07, 6.45) is 4.02. The van der Waals surface area contributed by atoms with E-state index in [0.29, 0.717) is 12.4 Å². The molecule has 2 N–H and O–H groups in total. The van der Waals surface area contributed by atoms with Gasteiger partial charge in [0.25, 0.3) is 0 Å². The number of urea groups is 1. The first-order chi connectivity index (χ1) is 12.3. The predicted octanol–water partition coefficient (Wildman–Crippen LogP) is 3.05. The van der Waals surface area contributed by atoms with Crippen LogP contribution in [0.1, 0.15) is 24.4 Å². The smallest absolute Gasteiger partial charge is 0.320 e. The third-order valence-electron chi connectivity index (χ3n) is 4.44. The fourth-order valence-corrected chi connectivity index (χ4v) is 3.22. The third kappa shape index (κ3) is 4.48. The van der Waals surface area contributed by atoms with Crippen LogP contribution in [0.25, 0.3) is 0 Å². The van der Waals surface area contributed by atoms with E-state index in [1.54, 1.807) is 19.4 Å². The fourth-order valence-electron chi connectivity index (χ4n) is 3.22. The first kappa shape index (κ1) is 17.2. The Morgan fingerprint density at radius 2 is 1.96 bits per heavy atom. The topological polar surface area (TPSA) is 66.5 Å². The van der Waals surface area contributed by atoms with Crippen molar-refractivity contribution in [3.05, 3.63) is 54.2 Å². The minimum Gasteiger partial charge on any atom is -0.496 e. The zero-order chi connectivity index (χ0) is 17.5. The molecule has 1 atom stereocenters. The second-order valence-electron chi connectivity index (χ2n) is 6.05. The van der Waals surface area contributed by atoms with Gasteiger partial charge in [-0.2, -0.15) is 0 Å². The summed E-state index contributed by atoms with van der Waals surface area (Å²) in [4.78, 5) is 18.7. The van der Waals surface area contributed by atoms with Crippen molar-refractivity contribution in [3.63, 3.8) is 0 Å². The number of para-hydroxylation sites is 1. The molecule has 0 spiro atoms. The lowest BCUT2D eigenvalue weighted by Gasteiger charge is -2.29. The van der Waals surface area contributed by atoms with Gasteiger partial charge in [0.15, 0.2) is 0 Å². The number of carbonyl (C=O) groups excluding carboxylic acids is 1. The van der Waals surface area contributed by atoms with Gasteiger partial charge in [0.1, 0.15) is 11.6 Å². The van der Waals surface area contributed by atoms with E-state index in [-0.39, 0.29) is 12.1 Å². The Hall–Kier alpha value is -2.60. The molecule has 6 heteroatoms. The van der Waals surface area contributed by atoms with Crippen LogP contribution < -0.4 is 15.4 Å². The summed E-state index contributed by atoms with van der Waals surface area (Å²) in [6, 6.07) is 13.3. The van der Waals surface area contributed by atoms with E-state index in [2.05, 4.69) is 26.6 Å². The lowest BCUT2D eigenvalue weighted by atomic mass is 10.0. The number of ether oxygens (including phenoxy) is 1. The van der Waals surface area contributed by atoms with Crippen LogP contribution in [0.4, 0.5) is 10.6 Å². The number of hydrogen-bond acceptors (Lipinski definition) is 4. The number of methoxy groups -OCH3 is 1. The third-order valence-corrected chi connectivity index (χ3v) is 4.44. The van der Waals surface area contributed by atoms with E-state index in [0.717, 1.165) is 24.4 Å². The van der Waals surface area contributed by atoms with Crippen molar-refractivity contribution in [2.24, 2.45) is 0 Å². The van der Waals surface area contributed by atoms with Crippen LogP contribution in [-0.4, -0.2) is 42.7 Å². The number of carbonyl (C=O) groups is 1. The van der Waals surface area contributed by atoms with Crippen LogP contribution in [0.15, 0.2) is 48.7 Å². The van der Waals surface area contributed by atoms with E-state index in [1.807, 2.05) is 30.3 Å². The molecule has 1 fully saturated rings. The minimum absolute atomic E-state index is 0.0909. The molecule has 2 aromatic rings. The van der Waals surface area contributed by atoms with Crippen LogP contribution in [0.2, 0.25) is 0 Å². The van der Waals surface area contributed by atoms with Crippen molar-refractivity contribution >= 4 is 11.8 Å². The van der Waals surface area contributed by atoms with E-state index in [4.69, 9.17) is 4.74 Å². The molecule has 1 saturated heterocycles. The monoisotopic (exact) mass is 340 g/mol. The summed E-state index contributed by atoms with van der Waals surface area (Å²) >= 11 is 0. The number of anilines is 1. The average molecular weight is 340 g/mol. The molecule has 0 bridgehead atoms. The van der Waals surface area contributed by atoms with E-state index in [1.165, 1.54) is 12.8 Å². The highest BCUT2D eigenvalue weighted by atomic mass is 16.5. The van der Waals surface area contributed by atoms with Crippen molar-refractivity contribution < 1.29 is 9.53 Å². The zero-order valence-corrected chi connectivity index (χ0v) is 14.4. The lowest BCUT2D eigenvalue weighted by Crippen LogP contribution is -2.38. The SMILES string of the molecule is COc1ccccc1[C@@H](CNC(=O)Nc1ccccn1)N1CCCC1. The van der Waals surface area contributed by atoms with Crippen molar-refractivity contribution in [1.29, 1.82) is 0 Å². The maximum atomic E-state index is 12.2. The second-order valence-corrected chi connectivity index (χ2v) is 6.05. The van der Waals surface area contributed by atoms with Gasteiger partial charge >= 0.3 is 6.03 Å². The number of amides is 2. The summed E-state index contributed by atoms with van der Waals surface area (Å²) in [5.74, 6) is 1.39. The van der Waals surface area contributed by atoms with Crippen molar-refractivity contribution in [3.8, 4) is 5.75 Å². The summed E-state index contributed by atoms with van der Waals surface area (Å²) < 4.78 is 5.52. The Balaban J connectivity index is 1.69. The maximum Gasteiger partial charge on any atom is 0.320 e. The number of aromatic nitrogens is 1. The van der Waals surface area contributed by atoms with Crippen LogP contribution in [0, 0.1) is 0 Å². The Bertz CT molecular complexity index is 687. The molecule has 1 aliphatic heterocycles. The summed E-state index contributed by atoms with van der Waals surface area (Å²) in [7, 11) is 1.68. The van der Waals surface area contributed by atoms with Gasteiger partial charge in [0.2, 0.25) is 0 Å². The summed E-state index contributed by atoms with van der Waals surface area (Å²) in [5, 5.41) is 5.73. The fraction of sp³-hybridized carbons (Fsp3) is 0.368. The maximum absolute atomic E-state index is 12.2. The Labute approximate surface area is 148 Å². The molecule has 6 nitrogen and oxygen atoms in total. The lowest BCUT2D eigenvalue weighted by molar-refractivity contribution is 0.224. The number of benzene rings is 1. The van der Waals surface area contributed by atoms with Crippen LogP contribution >= 0.6 is 0 Å². The highest BCUT2D eigenvalue weighted by molar-refractivity contribution is 5.88. The molecule has 25 heavy (non-hydrogen) atoms. The van der Waals surface area contributed by atoms with Crippen LogP contribution in [0.5, 0.6) is 5.75 Å². The molecule has 0 radical (unpaired) electrons. The van der Waals surface area contributed by atoms with Crippen molar-refractivity contribution in [2.45, 2.75) is 18.9 Å². The zero-order valence-electron chi connectivity index (χ0n) is 14.4. The Morgan fingerprint density at radius 3 is 2.68 bits per heavy atom. The first-order valence-electron chi connectivity index (χ1n) is 8.61. The van der Waals surface area contributed by atoms with Gasteiger partial charge in [-0.15, -0.1) is 0 Å². The molecule has 0 saturated carbocycles. The van der Waals surface area contributed by atoms with Gasteiger partial charge in [-0.3, -0.25) is 10.2 Å². The van der Waals surface area contributed by atoms with Gasteiger partial charge in [-0.1, -0.05) is 24.3 Å². The largest absolute Gasteiger partial charge is 0.496 e. The quantitative estimate of drug-likeness (QED) is 0.848.